The molecule has 3 rings (SSSR count). The van der Waals surface area contributed by atoms with Crippen LogP contribution in [0.15, 0.2) is 36.5 Å². The average molecular weight is 451 g/mol. The van der Waals surface area contributed by atoms with Crippen LogP contribution in [0.3, 0.4) is 0 Å². The van der Waals surface area contributed by atoms with Crippen molar-refractivity contribution in [3.8, 4) is 17.3 Å². The maximum Gasteiger partial charge on any atom is 0.490 e. The zero-order chi connectivity index (χ0) is 23.7. The SMILES string of the molecule is Cn1nccc1-c1ccc(C[C@@H](C#N)NC(=O)[C@@H]2CCCCN2)cc1.O=C(O)C(F)(F)F. The van der Waals surface area contributed by atoms with Gasteiger partial charge in [0.05, 0.1) is 17.8 Å². The minimum atomic E-state index is -5.08. The van der Waals surface area contributed by atoms with Crippen molar-refractivity contribution >= 4 is 11.9 Å². The van der Waals surface area contributed by atoms with Crippen molar-refractivity contribution < 1.29 is 27.9 Å². The van der Waals surface area contributed by atoms with Gasteiger partial charge in [0.1, 0.15) is 6.04 Å². The van der Waals surface area contributed by atoms with Crippen LogP contribution in [0.1, 0.15) is 24.8 Å². The Hall–Kier alpha value is -3.39. The lowest BCUT2D eigenvalue weighted by Crippen LogP contribution is -2.49. The molecule has 0 unspecified atom stereocenters. The van der Waals surface area contributed by atoms with Gasteiger partial charge in [-0.15, -0.1) is 0 Å². The van der Waals surface area contributed by atoms with Gasteiger partial charge in [0, 0.05) is 19.7 Å². The molecule has 0 bridgehead atoms. The van der Waals surface area contributed by atoms with E-state index in [0.717, 1.165) is 42.6 Å². The number of hydrogen-bond acceptors (Lipinski definition) is 5. The summed E-state index contributed by atoms with van der Waals surface area (Å²) in [5.74, 6) is -2.83. The molecule has 1 aromatic heterocycles. The number of carboxylic acids is 1. The van der Waals surface area contributed by atoms with E-state index in [1.165, 1.54) is 0 Å². The minimum absolute atomic E-state index is 0.0715. The number of aliphatic carboxylic acids is 1. The number of amides is 1. The zero-order valence-electron chi connectivity index (χ0n) is 17.4. The molecule has 0 spiro atoms. The van der Waals surface area contributed by atoms with Gasteiger partial charge in [-0.25, -0.2) is 4.79 Å². The van der Waals surface area contributed by atoms with Gasteiger partial charge in [-0.2, -0.15) is 23.5 Å². The van der Waals surface area contributed by atoms with Crippen molar-refractivity contribution in [3.05, 3.63) is 42.1 Å². The van der Waals surface area contributed by atoms with Gasteiger partial charge in [-0.1, -0.05) is 30.7 Å². The highest BCUT2D eigenvalue weighted by molar-refractivity contribution is 5.82. The summed E-state index contributed by atoms with van der Waals surface area (Å²) in [6, 6.07) is 11.5. The molecule has 2 aromatic rings. The molecule has 11 heteroatoms. The molecule has 3 N–H and O–H groups in total. The smallest absolute Gasteiger partial charge is 0.475 e. The Morgan fingerprint density at radius 2 is 1.97 bits per heavy atom. The fourth-order valence-electron chi connectivity index (χ4n) is 3.18. The summed E-state index contributed by atoms with van der Waals surface area (Å²) < 4.78 is 33.6. The third-order valence-electron chi connectivity index (χ3n) is 4.85. The standard InChI is InChI=1S/C19H23N5O.C2HF3O2/c1-24-18(9-11-22-24)15-7-5-14(6-8-15)12-16(13-20)23-19(25)17-4-2-3-10-21-17;3-2(4,5)1(6)7/h5-9,11,16-17,21H,2-4,10,12H2,1H3,(H,23,25);(H,6,7)/t16-,17-;/m0./s1. The van der Waals surface area contributed by atoms with E-state index in [9.17, 15) is 23.2 Å². The number of piperidine rings is 1. The second-order valence-electron chi connectivity index (χ2n) is 7.24. The normalized spacial score (nSPS) is 16.8. The van der Waals surface area contributed by atoms with Crippen LogP contribution in [0.4, 0.5) is 13.2 Å². The van der Waals surface area contributed by atoms with Gasteiger partial charge >= 0.3 is 12.1 Å². The van der Waals surface area contributed by atoms with Crippen molar-refractivity contribution in [2.45, 2.75) is 43.9 Å². The first kappa shape index (κ1) is 24.9. The molecule has 1 saturated heterocycles. The molecule has 0 aliphatic carbocycles. The van der Waals surface area contributed by atoms with Crippen molar-refractivity contribution in [2.75, 3.05) is 6.54 Å². The summed E-state index contributed by atoms with van der Waals surface area (Å²) >= 11 is 0. The largest absolute Gasteiger partial charge is 0.490 e. The Morgan fingerprint density at radius 3 is 2.44 bits per heavy atom. The third kappa shape index (κ3) is 7.39. The monoisotopic (exact) mass is 451 g/mol. The van der Waals surface area contributed by atoms with Crippen LogP contribution < -0.4 is 10.6 Å². The van der Waals surface area contributed by atoms with Crippen molar-refractivity contribution in [2.24, 2.45) is 7.05 Å². The van der Waals surface area contributed by atoms with E-state index in [-0.39, 0.29) is 11.9 Å². The summed E-state index contributed by atoms with van der Waals surface area (Å²) in [5, 5.41) is 26.7. The molecule has 1 aromatic carbocycles. The molecule has 1 amide bonds. The Bertz CT molecular complexity index is 945. The molecule has 32 heavy (non-hydrogen) atoms. The molecular formula is C21H24F3N5O3. The fourth-order valence-corrected chi connectivity index (χ4v) is 3.18. The number of nitrogens with zero attached hydrogens (tertiary/aromatic N) is 3. The van der Waals surface area contributed by atoms with Crippen molar-refractivity contribution in [1.82, 2.24) is 20.4 Å². The number of carbonyl (C=O) groups excluding carboxylic acids is 1. The summed E-state index contributed by atoms with van der Waals surface area (Å²) in [6.45, 7) is 0.866. The Labute approximate surface area is 183 Å². The maximum atomic E-state index is 12.3. The molecule has 2 atom stereocenters. The number of nitrogens with one attached hydrogen (secondary N) is 2. The molecule has 172 valence electrons. The number of benzene rings is 1. The van der Waals surface area contributed by atoms with E-state index in [0.29, 0.717) is 6.42 Å². The minimum Gasteiger partial charge on any atom is -0.475 e. The summed E-state index contributed by atoms with van der Waals surface area (Å²) in [7, 11) is 1.91. The predicted molar refractivity (Wildman–Crippen MR) is 109 cm³/mol. The number of hydrogen-bond donors (Lipinski definition) is 3. The van der Waals surface area contributed by atoms with Crippen LogP contribution in [0.2, 0.25) is 0 Å². The summed E-state index contributed by atoms with van der Waals surface area (Å²) in [6.07, 6.45) is 0.181. The van der Waals surface area contributed by atoms with E-state index < -0.39 is 18.2 Å². The van der Waals surface area contributed by atoms with Gasteiger partial charge in [0.25, 0.3) is 0 Å². The molecule has 1 fully saturated rings. The quantitative estimate of drug-likeness (QED) is 0.642. The summed E-state index contributed by atoms with van der Waals surface area (Å²) in [5.41, 5.74) is 3.14. The molecule has 0 radical (unpaired) electrons. The average Bonchev–Trinajstić information content (AvgIpc) is 3.20. The topological polar surface area (TPSA) is 120 Å². The highest BCUT2D eigenvalue weighted by Crippen LogP contribution is 2.19. The lowest BCUT2D eigenvalue weighted by atomic mass is 10.0. The Morgan fingerprint density at radius 1 is 1.31 bits per heavy atom. The van der Waals surface area contributed by atoms with Crippen molar-refractivity contribution in [1.29, 1.82) is 5.26 Å². The molecule has 2 heterocycles. The van der Waals surface area contributed by atoms with Crippen LogP contribution in [-0.2, 0) is 23.1 Å². The van der Waals surface area contributed by atoms with Crippen LogP contribution in [0, 0.1) is 11.3 Å². The zero-order valence-corrected chi connectivity index (χ0v) is 17.4. The molecule has 8 nitrogen and oxygen atoms in total. The predicted octanol–water partition coefficient (Wildman–Crippen LogP) is 2.41. The Balaban J connectivity index is 0.000000451. The number of carboxylic acid groups (broad SMARTS) is 1. The van der Waals surface area contributed by atoms with E-state index in [4.69, 9.17) is 9.90 Å². The molecular weight excluding hydrogens is 427 g/mol. The van der Waals surface area contributed by atoms with Crippen LogP contribution in [0.5, 0.6) is 0 Å². The van der Waals surface area contributed by atoms with E-state index in [2.05, 4.69) is 21.8 Å². The fraction of sp³-hybridized carbons (Fsp3) is 0.429. The molecule has 1 aliphatic heterocycles. The van der Waals surface area contributed by atoms with Gasteiger partial charge in [-0.05, 0) is 36.6 Å². The van der Waals surface area contributed by atoms with Gasteiger partial charge in [-0.3, -0.25) is 9.48 Å². The maximum absolute atomic E-state index is 12.3. The number of alkyl halides is 3. The van der Waals surface area contributed by atoms with E-state index >= 15 is 0 Å². The first-order valence-electron chi connectivity index (χ1n) is 9.92. The first-order valence-corrected chi connectivity index (χ1v) is 9.92. The van der Waals surface area contributed by atoms with Crippen LogP contribution >= 0.6 is 0 Å². The van der Waals surface area contributed by atoms with Gasteiger partial charge in [0.2, 0.25) is 5.91 Å². The van der Waals surface area contributed by atoms with E-state index in [1.54, 1.807) is 6.20 Å². The lowest BCUT2D eigenvalue weighted by molar-refractivity contribution is -0.192. The number of aryl methyl sites for hydroxylation is 1. The third-order valence-corrected chi connectivity index (χ3v) is 4.85. The molecule has 0 saturated carbocycles. The summed E-state index contributed by atoms with van der Waals surface area (Å²) in [4.78, 5) is 21.2. The number of halogens is 3. The lowest BCUT2D eigenvalue weighted by Gasteiger charge is -2.23. The van der Waals surface area contributed by atoms with E-state index in [1.807, 2.05) is 42.1 Å². The highest BCUT2D eigenvalue weighted by atomic mass is 19.4. The number of carbonyl (C=O) groups is 2. The second kappa shape index (κ2) is 11.3. The number of nitriles is 1. The highest BCUT2D eigenvalue weighted by Gasteiger charge is 2.38. The van der Waals surface area contributed by atoms with Crippen LogP contribution in [0.25, 0.3) is 11.3 Å². The van der Waals surface area contributed by atoms with Crippen LogP contribution in [-0.4, -0.2) is 51.6 Å². The van der Waals surface area contributed by atoms with Crippen molar-refractivity contribution in [3.63, 3.8) is 0 Å². The second-order valence-corrected chi connectivity index (χ2v) is 7.24. The first-order chi connectivity index (χ1) is 15.1. The van der Waals surface area contributed by atoms with Gasteiger partial charge in [0.15, 0.2) is 0 Å². The Kier molecular flexibility index (Phi) is 8.78. The number of rotatable bonds is 5. The van der Waals surface area contributed by atoms with Gasteiger partial charge < -0.3 is 15.7 Å². The molecule has 1 aliphatic rings. The number of aromatic nitrogens is 2.